The van der Waals surface area contributed by atoms with Gasteiger partial charge in [0, 0.05) is 5.56 Å². The minimum absolute atomic E-state index is 0. The molecule has 0 amide bonds. The number of hydrogen-bond donors (Lipinski definition) is 1. The van der Waals surface area contributed by atoms with Crippen molar-refractivity contribution in [2.24, 2.45) is 0 Å². The number of halogens is 1. The molecule has 0 saturated carbocycles. The summed E-state index contributed by atoms with van der Waals surface area (Å²) in [5.41, 5.74) is 2.94. The predicted octanol–water partition coefficient (Wildman–Crippen LogP) is 3.60. The topological polar surface area (TPSA) is 50.7 Å². The van der Waals surface area contributed by atoms with Crippen molar-refractivity contribution in [2.45, 2.75) is 18.9 Å². The maximum atomic E-state index is 4.80. The van der Waals surface area contributed by atoms with Gasteiger partial charge in [-0.25, -0.2) is 15.0 Å². The molecule has 108 valence electrons. The molecule has 1 aromatic carbocycles. The van der Waals surface area contributed by atoms with Crippen molar-refractivity contribution in [1.82, 2.24) is 20.3 Å². The predicted molar refractivity (Wildman–Crippen MR) is 87.9 cm³/mol. The summed E-state index contributed by atoms with van der Waals surface area (Å²) in [4.78, 5) is 14.6. The Kier molecular flexibility index (Phi) is 4.14. The maximum absolute atomic E-state index is 4.80. The fourth-order valence-electron chi connectivity index (χ4n) is 2.62. The number of aromatic nitrogens is 3. The quantitative estimate of drug-likeness (QED) is 0.784. The Labute approximate surface area is 133 Å². The van der Waals surface area contributed by atoms with Gasteiger partial charge < -0.3 is 5.32 Å². The van der Waals surface area contributed by atoms with Crippen molar-refractivity contribution >= 4 is 34.1 Å². The summed E-state index contributed by atoms with van der Waals surface area (Å²) in [7, 11) is 0. The lowest BCUT2D eigenvalue weighted by Crippen LogP contribution is -2.12. The molecule has 3 heterocycles. The van der Waals surface area contributed by atoms with Crippen LogP contribution in [0.3, 0.4) is 0 Å². The molecular formula is C15H15ClN4S. The van der Waals surface area contributed by atoms with Crippen LogP contribution in [0.1, 0.15) is 23.9 Å². The van der Waals surface area contributed by atoms with Gasteiger partial charge in [0.15, 0.2) is 0 Å². The largest absolute Gasteiger partial charge is 0.308 e. The van der Waals surface area contributed by atoms with Gasteiger partial charge >= 0.3 is 0 Å². The summed E-state index contributed by atoms with van der Waals surface area (Å²) < 4.78 is 0. The van der Waals surface area contributed by atoms with E-state index in [0.717, 1.165) is 39.6 Å². The number of nitrogens with zero attached hydrogens (tertiary/aromatic N) is 3. The molecule has 1 atom stereocenters. The Bertz CT molecular complexity index is 738. The van der Waals surface area contributed by atoms with Crippen LogP contribution in [0.25, 0.3) is 21.6 Å². The van der Waals surface area contributed by atoms with Gasteiger partial charge in [-0.05, 0) is 19.4 Å². The zero-order valence-electron chi connectivity index (χ0n) is 11.3. The number of fused-ring (bicyclic) bond motifs is 1. The van der Waals surface area contributed by atoms with Crippen LogP contribution in [0.15, 0.2) is 36.7 Å². The summed E-state index contributed by atoms with van der Waals surface area (Å²) in [5, 5.41) is 4.63. The Hall–Kier alpha value is -1.56. The first kappa shape index (κ1) is 14.4. The molecule has 1 aliphatic rings. The molecule has 1 N–H and O–H groups in total. The second kappa shape index (κ2) is 6.05. The monoisotopic (exact) mass is 318 g/mol. The molecule has 2 aromatic heterocycles. The molecule has 1 saturated heterocycles. The number of benzene rings is 1. The molecule has 0 bridgehead atoms. The van der Waals surface area contributed by atoms with E-state index in [-0.39, 0.29) is 12.4 Å². The SMILES string of the molecule is Cl.c1ccc(-c2ncnc3sc(C4CCCN4)nc23)cc1. The van der Waals surface area contributed by atoms with E-state index in [1.165, 1.54) is 6.42 Å². The van der Waals surface area contributed by atoms with Crippen LogP contribution in [0.5, 0.6) is 0 Å². The summed E-state index contributed by atoms with van der Waals surface area (Å²) in [6.45, 7) is 1.08. The standard InChI is InChI=1S/C15H14N4S.ClH/c1-2-5-10(6-3-1)12-13-15(18-9-17-12)20-14(19-13)11-7-4-8-16-11;/h1-3,5-6,9,11,16H,4,7-8H2;1H. The van der Waals surface area contributed by atoms with Crippen molar-refractivity contribution in [2.75, 3.05) is 6.54 Å². The average Bonchev–Trinajstić information content (AvgIpc) is 3.16. The van der Waals surface area contributed by atoms with Crippen LogP contribution < -0.4 is 5.32 Å². The molecule has 21 heavy (non-hydrogen) atoms. The van der Waals surface area contributed by atoms with Crippen LogP contribution in [0.4, 0.5) is 0 Å². The molecule has 3 aromatic rings. The summed E-state index contributed by atoms with van der Waals surface area (Å²) in [6.07, 6.45) is 4.01. The Morgan fingerprint density at radius 3 is 2.76 bits per heavy atom. The second-order valence-electron chi connectivity index (χ2n) is 4.94. The van der Waals surface area contributed by atoms with Gasteiger partial charge in [0.25, 0.3) is 0 Å². The van der Waals surface area contributed by atoms with Crippen LogP contribution in [-0.4, -0.2) is 21.5 Å². The Morgan fingerprint density at radius 2 is 2.00 bits per heavy atom. The van der Waals surface area contributed by atoms with E-state index in [4.69, 9.17) is 4.98 Å². The highest BCUT2D eigenvalue weighted by atomic mass is 35.5. The third-order valence-corrected chi connectivity index (χ3v) is 4.69. The molecule has 0 radical (unpaired) electrons. The van der Waals surface area contributed by atoms with Crippen LogP contribution >= 0.6 is 23.7 Å². The van der Waals surface area contributed by atoms with Gasteiger partial charge in [0.1, 0.15) is 27.4 Å². The molecular weight excluding hydrogens is 304 g/mol. The normalized spacial score (nSPS) is 17.8. The molecule has 0 spiro atoms. The van der Waals surface area contributed by atoms with Crippen molar-refractivity contribution in [3.63, 3.8) is 0 Å². The molecule has 1 unspecified atom stereocenters. The number of hydrogen-bond acceptors (Lipinski definition) is 5. The molecule has 1 aliphatic heterocycles. The van der Waals surface area contributed by atoms with E-state index < -0.39 is 0 Å². The molecule has 0 aliphatic carbocycles. The van der Waals surface area contributed by atoms with Crippen LogP contribution in [0.2, 0.25) is 0 Å². The number of nitrogens with one attached hydrogen (secondary N) is 1. The van der Waals surface area contributed by atoms with Gasteiger partial charge in [-0.15, -0.1) is 12.4 Å². The van der Waals surface area contributed by atoms with E-state index in [2.05, 4.69) is 27.4 Å². The van der Waals surface area contributed by atoms with E-state index in [1.54, 1.807) is 17.7 Å². The lowest BCUT2D eigenvalue weighted by molar-refractivity contribution is 0.644. The molecule has 1 fully saturated rings. The van der Waals surface area contributed by atoms with Gasteiger partial charge in [-0.2, -0.15) is 0 Å². The lowest BCUT2D eigenvalue weighted by atomic mass is 10.1. The van der Waals surface area contributed by atoms with Crippen molar-refractivity contribution in [3.8, 4) is 11.3 Å². The van der Waals surface area contributed by atoms with Crippen molar-refractivity contribution in [3.05, 3.63) is 41.7 Å². The van der Waals surface area contributed by atoms with Crippen LogP contribution in [-0.2, 0) is 0 Å². The highest BCUT2D eigenvalue weighted by molar-refractivity contribution is 7.18. The van der Waals surface area contributed by atoms with Crippen molar-refractivity contribution in [1.29, 1.82) is 0 Å². The first-order chi connectivity index (χ1) is 9.92. The van der Waals surface area contributed by atoms with Gasteiger partial charge in [-0.3, -0.25) is 0 Å². The molecule has 4 rings (SSSR count). The van der Waals surface area contributed by atoms with E-state index in [1.807, 2.05) is 18.2 Å². The smallest absolute Gasteiger partial charge is 0.147 e. The summed E-state index contributed by atoms with van der Waals surface area (Å²) >= 11 is 1.68. The Morgan fingerprint density at radius 1 is 1.14 bits per heavy atom. The number of rotatable bonds is 2. The van der Waals surface area contributed by atoms with Gasteiger partial charge in [0.05, 0.1) is 6.04 Å². The van der Waals surface area contributed by atoms with E-state index in [9.17, 15) is 0 Å². The highest BCUT2D eigenvalue weighted by Crippen LogP contribution is 2.33. The third kappa shape index (κ3) is 2.64. The zero-order valence-corrected chi connectivity index (χ0v) is 13.0. The number of thiazole rings is 1. The van der Waals surface area contributed by atoms with Gasteiger partial charge in [0.2, 0.25) is 0 Å². The zero-order chi connectivity index (χ0) is 13.4. The Balaban J connectivity index is 0.00000132. The first-order valence-electron chi connectivity index (χ1n) is 6.82. The second-order valence-corrected chi connectivity index (χ2v) is 5.95. The summed E-state index contributed by atoms with van der Waals surface area (Å²) in [5.74, 6) is 0. The van der Waals surface area contributed by atoms with Gasteiger partial charge in [-0.1, -0.05) is 41.7 Å². The molecule has 4 nitrogen and oxygen atoms in total. The van der Waals surface area contributed by atoms with E-state index >= 15 is 0 Å². The highest BCUT2D eigenvalue weighted by Gasteiger charge is 2.21. The molecule has 6 heteroatoms. The fraction of sp³-hybridized carbons (Fsp3) is 0.267. The summed E-state index contributed by atoms with van der Waals surface area (Å²) in [6, 6.07) is 10.6. The van der Waals surface area contributed by atoms with Crippen LogP contribution in [0, 0.1) is 0 Å². The third-order valence-electron chi connectivity index (χ3n) is 3.62. The lowest BCUT2D eigenvalue weighted by Gasteiger charge is -2.04. The minimum Gasteiger partial charge on any atom is -0.308 e. The average molecular weight is 319 g/mol. The first-order valence-corrected chi connectivity index (χ1v) is 7.64. The fourth-order valence-corrected chi connectivity index (χ4v) is 3.64. The van der Waals surface area contributed by atoms with E-state index in [0.29, 0.717) is 6.04 Å². The maximum Gasteiger partial charge on any atom is 0.147 e. The van der Waals surface area contributed by atoms with Crippen molar-refractivity contribution < 1.29 is 0 Å². The minimum atomic E-state index is 0.